The highest BCUT2D eigenvalue weighted by atomic mass is 35.5. The van der Waals surface area contributed by atoms with Gasteiger partial charge in [0.2, 0.25) is 11.7 Å². The van der Waals surface area contributed by atoms with E-state index in [0.717, 1.165) is 16.3 Å². The molecule has 0 spiro atoms. The summed E-state index contributed by atoms with van der Waals surface area (Å²) in [5.74, 6) is -1.49. The van der Waals surface area contributed by atoms with Gasteiger partial charge in [0.05, 0.1) is 11.3 Å². The number of aromatic nitrogens is 3. The van der Waals surface area contributed by atoms with Gasteiger partial charge in [0.25, 0.3) is 0 Å². The van der Waals surface area contributed by atoms with Gasteiger partial charge >= 0.3 is 6.18 Å². The fraction of sp³-hybridized carbons (Fsp3) is 0.400. The molecule has 142 valence electrons. The van der Waals surface area contributed by atoms with Gasteiger partial charge < -0.3 is 9.88 Å². The van der Waals surface area contributed by atoms with Gasteiger partial charge in [0, 0.05) is 17.1 Å². The summed E-state index contributed by atoms with van der Waals surface area (Å²) in [4.78, 5) is 12.3. The molecule has 2 atom stereocenters. The van der Waals surface area contributed by atoms with Gasteiger partial charge in [-0.1, -0.05) is 41.0 Å². The Balaban J connectivity index is 2.05. The van der Waals surface area contributed by atoms with E-state index in [-0.39, 0.29) is 11.1 Å². The van der Waals surface area contributed by atoms with Crippen molar-refractivity contribution in [3.05, 3.63) is 39.6 Å². The number of amides is 1. The smallest absolute Gasteiger partial charge is 0.349 e. The normalized spacial score (nSPS) is 14.2. The summed E-state index contributed by atoms with van der Waals surface area (Å²) >= 11 is 12.8. The molecule has 2 rings (SSSR count). The molecule has 1 N–H and O–H groups in total. The minimum Gasteiger partial charge on any atom is -0.349 e. The summed E-state index contributed by atoms with van der Waals surface area (Å²) in [6.45, 7) is 3.31. The average Bonchev–Trinajstić information content (AvgIpc) is 2.87. The van der Waals surface area contributed by atoms with Crippen LogP contribution in [0.2, 0.25) is 10.0 Å². The third kappa shape index (κ3) is 4.83. The molecule has 1 aromatic heterocycles. The number of benzene rings is 1. The number of nitrogens with one attached hydrogen (secondary N) is 1. The van der Waals surface area contributed by atoms with Crippen molar-refractivity contribution in [1.29, 1.82) is 0 Å². The number of hydrogen-bond acceptors (Lipinski definition) is 4. The zero-order chi connectivity index (χ0) is 19.6. The van der Waals surface area contributed by atoms with Gasteiger partial charge in [0.15, 0.2) is 5.16 Å². The Morgan fingerprint density at radius 2 is 1.92 bits per heavy atom. The van der Waals surface area contributed by atoms with Crippen LogP contribution in [0.1, 0.15) is 31.3 Å². The summed E-state index contributed by atoms with van der Waals surface area (Å²) in [6.07, 6.45) is -4.61. The van der Waals surface area contributed by atoms with Crippen LogP contribution in [0.3, 0.4) is 0 Å². The molecule has 1 amide bonds. The first-order valence-electron chi connectivity index (χ1n) is 7.39. The lowest BCUT2D eigenvalue weighted by Gasteiger charge is -2.18. The molecular formula is C15H15Cl2F3N4OS. The molecule has 0 radical (unpaired) electrons. The fourth-order valence-electron chi connectivity index (χ4n) is 2.14. The van der Waals surface area contributed by atoms with Crippen LogP contribution in [0.5, 0.6) is 0 Å². The summed E-state index contributed by atoms with van der Waals surface area (Å²) < 4.78 is 39.1. The standard InChI is InChI=1S/C15H15Cl2F3N4OS/c1-7(10-5-4-9(16)6-11(10)17)21-12(25)8(2)26-14-23-22-13(24(14)3)15(18,19)20/h4-8H,1-3H3,(H,21,25). The topological polar surface area (TPSA) is 59.8 Å². The molecule has 0 aliphatic rings. The second-order valence-corrected chi connectivity index (χ2v) is 7.67. The molecule has 2 unspecified atom stereocenters. The van der Waals surface area contributed by atoms with Crippen molar-refractivity contribution < 1.29 is 18.0 Å². The zero-order valence-corrected chi connectivity index (χ0v) is 16.3. The third-order valence-electron chi connectivity index (χ3n) is 3.53. The van der Waals surface area contributed by atoms with Crippen molar-refractivity contribution in [1.82, 2.24) is 20.1 Å². The van der Waals surface area contributed by atoms with Crippen molar-refractivity contribution in [2.75, 3.05) is 0 Å². The van der Waals surface area contributed by atoms with E-state index in [1.807, 2.05) is 0 Å². The summed E-state index contributed by atoms with van der Waals surface area (Å²) in [6, 6.07) is 4.52. The minimum absolute atomic E-state index is 0.00264. The lowest BCUT2D eigenvalue weighted by Crippen LogP contribution is -2.33. The van der Waals surface area contributed by atoms with Crippen molar-refractivity contribution in [2.45, 2.75) is 36.5 Å². The van der Waals surface area contributed by atoms with E-state index >= 15 is 0 Å². The van der Waals surface area contributed by atoms with Gasteiger partial charge in [-0.3, -0.25) is 4.79 Å². The lowest BCUT2D eigenvalue weighted by atomic mass is 10.1. The third-order valence-corrected chi connectivity index (χ3v) is 5.22. The molecule has 11 heteroatoms. The average molecular weight is 427 g/mol. The van der Waals surface area contributed by atoms with Crippen LogP contribution in [0, 0.1) is 0 Å². The Bertz CT molecular complexity index is 813. The predicted molar refractivity (Wildman–Crippen MR) is 94.3 cm³/mol. The van der Waals surface area contributed by atoms with E-state index in [0.29, 0.717) is 15.6 Å². The predicted octanol–water partition coefficient (Wildman–Crippen LogP) is 4.50. The Kier molecular flexibility index (Phi) is 6.46. The van der Waals surface area contributed by atoms with Crippen LogP contribution in [0.4, 0.5) is 13.2 Å². The van der Waals surface area contributed by atoms with Crippen molar-refractivity contribution >= 4 is 40.9 Å². The van der Waals surface area contributed by atoms with E-state index in [1.54, 1.807) is 32.0 Å². The van der Waals surface area contributed by atoms with Gasteiger partial charge in [-0.15, -0.1) is 10.2 Å². The number of carbonyl (C=O) groups is 1. The number of hydrogen-bond donors (Lipinski definition) is 1. The molecule has 0 aliphatic heterocycles. The molecule has 1 aromatic carbocycles. The summed E-state index contributed by atoms with van der Waals surface area (Å²) in [7, 11) is 1.20. The van der Waals surface area contributed by atoms with E-state index < -0.39 is 23.3 Å². The molecular weight excluding hydrogens is 412 g/mol. The highest BCUT2D eigenvalue weighted by molar-refractivity contribution is 8.00. The Labute approximate surface area is 162 Å². The molecule has 5 nitrogen and oxygen atoms in total. The van der Waals surface area contributed by atoms with Crippen molar-refractivity contribution in [2.24, 2.45) is 7.05 Å². The lowest BCUT2D eigenvalue weighted by molar-refractivity contribution is -0.147. The van der Waals surface area contributed by atoms with Crippen molar-refractivity contribution in [3.8, 4) is 0 Å². The van der Waals surface area contributed by atoms with Crippen LogP contribution < -0.4 is 5.32 Å². The first-order valence-corrected chi connectivity index (χ1v) is 9.02. The molecule has 1 heterocycles. The summed E-state index contributed by atoms with van der Waals surface area (Å²) in [5, 5.41) is 9.60. The maximum atomic E-state index is 12.8. The number of halogens is 5. The summed E-state index contributed by atoms with van der Waals surface area (Å²) in [5.41, 5.74) is 0.680. The Morgan fingerprint density at radius 1 is 1.27 bits per heavy atom. The SMILES string of the molecule is CC(Sc1nnc(C(F)(F)F)n1C)C(=O)NC(C)c1ccc(Cl)cc1Cl. The largest absolute Gasteiger partial charge is 0.451 e. The number of carbonyl (C=O) groups excluding carboxylic acids is 1. The second kappa shape index (κ2) is 8.06. The minimum atomic E-state index is -4.61. The maximum absolute atomic E-state index is 12.8. The van der Waals surface area contributed by atoms with E-state index in [1.165, 1.54) is 7.05 Å². The molecule has 0 saturated heterocycles. The van der Waals surface area contributed by atoms with E-state index in [4.69, 9.17) is 23.2 Å². The van der Waals surface area contributed by atoms with E-state index in [9.17, 15) is 18.0 Å². The number of nitrogens with zero attached hydrogens (tertiary/aromatic N) is 3. The monoisotopic (exact) mass is 426 g/mol. The molecule has 0 aliphatic carbocycles. The Morgan fingerprint density at radius 3 is 2.46 bits per heavy atom. The van der Waals surface area contributed by atoms with Crippen LogP contribution in [0.25, 0.3) is 0 Å². The first kappa shape index (κ1) is 20.9. The van der Waals surface area contributed by atoms with E-state index in [2.05, 4.69) is 15.5 Å². The fourth-order valence-corrected chi connectivity index (χ4v) is 3.53. The van der Waals surface area contributed by atoms with Crippen molar-refractivity contribution in [3.63, 3.8) is 0 Å². The highest BCUT2D eigenvalue weighted by Crippen LogP contribution is 2.31. The first-order chi connectivity index (χ1) is 12.0. The van der Waals surface area contributed by atoms with Gasteiger partial charge in [0.1, 0.15) is 0 Å². The van der Waals surface area contributed by atoms with Gasteiger partial charge in [-0.25, -0.2) is 0 Å². The second-order valence-electron chi connectivity index (χ2n) is 5.52. The molecule has 0 bridgehead atoms. The number of alkyl halides is 3. The van der Waals surface area contributed by atoms with Gasteiger partial charge in [-0.05, 0) is 31.5 Å². The van der Waals surface area contributed by atoms with Crippen LogP contribution in [-0.4, -0.2) is 25.9 Å². The molecule has 2 aromatic rings. The molecule has 0 saturated carbocycles. The van der Waals surface area contributed by atoms with Gasteiger partial charge in [-0.2, -0.15) is 13.2 Å². The van der Waals surface area contributed by atoms with Crippen LogP contribution >= 0.6 is 35.0 Å². The quantitative estimate of drug-likeness (QED) is 0.714. The number of rotatable bonds is 5. The van der Waals surface area contributed by atoms with Crippen LogP contribution in [-0.2, 0) is 18.0 Å². The zero-order valence-electron chi connectivity index (χ0n) is 13.9. The molecule has 26 heavy (non-hydrogen) atoms. The van der Waals surface area contributed by atoms with Crippen LogP contribution in [0.15, 0.2) is 23.4 Å². The number of thioether (sulfide) groups is 1. The maximum Gasteiger partial charge on any atom is 0.451 e. The molecule has 0 fully saturated rings. The Hall–Kier alpha value is -1.45. The highest BCUT2D eigenvalue weighted by Gasteiger charge is 2.38.